The van der Waals surface area contributed by atoms with Crippen molar-refractivity contribution in [3.8, 4) is 0 Å². The molecule has 0 bridgehead atoms. The van der Waals surface area contributed by atoms with Gasteiger partial charge in [-0.15, -0.1) is 0 Å². The second-order valence-electron chi connectivity index (χ2n) is 6.65. The van der Waals surface area contributed by atoms with Gasteiger partial charge < -0.3 is 0 Å². The van der Waals surface area contributed by atoms with E-state index in [2.05, 4.69) is 20.8 Å². The standard InChI is InChI=1S/C14H28F2O3S/c1-13(2,3)11-9-7-5-4-6-8-10-12-14(15,16)20(17,18)19/h4-12H2,1-3H3,(H,17,18,19). The molecule has 3 nitrogen and oxygen atoms in total. The number of unbranched alkanes of at least 4 members (excludes halogenated alkanes) is 6. The second-order valence-corrected chi connectivity index (χ2v) is 8.20. The number of halogens is 2. The summed E-state index contributed by atoms with van der Waals surface area (Å²) >= 11 is 0. The summed E-state index contributed by atoms with van der Waals surface area (Å²) in [5.41, 5.74) is 0.362. The van der Waals surface area contributed by atoms with Crippen LogP contribution in [0.2, 0.25) is 0 Å². The molecule has 0 unspecified atom stereocenters. The van der Waals surface area contributed by atoms with Crippen molar-refractivity contribution in [1.82, 2.24) is 0 Å². The summed E-state index contributed by atoms with van der Waals surface area (Å²) in [6, 6.07) is 0. The fourth-order valence-corrected chi connectivity index (χ4v) is 2.40. The first-order valence-electron chi connectivity index (χ1n) is 7.31. The predicted octanol–water partition coefficient (Wildman–Crippen LogP) is 5.02. The van der Waals surface area contributed by atoms with E-state index in [0.717, 1.165) is 25.7 Å². The predicted molar refractivity (Wildman–Crippen MR) is 77.5 cm³/mol. The Hall–Kier alpha value is -0.230. The van der Waals surface area contributed by atoms with Crippen LogP contribution in [0.1, 0.15) is 78.6 Å². The fraction of sp³-hybridized carbons (Fsp3) is 1.00. The van der Waals surface area contributed by atoms with E-state index in [0.29, 0.717) is 11.8 Å². The van der Waals surface area contributed by atoms with Gasteiger partial charge in [0, 0.05) is 6.42 Å². The van der Waals surface area contributed by atoms with Crippen molar-refractivity contribution in [2.75, 3.05) is 0 Å². The zero-order valence-electron chi connectivity index (χ0n) is 12.8. The lowest BCUT2D eigenvalue weighted by molar-refractivity contribution is 0.0683. The van der Waals surface area contributed by atoms with Gasteiger partial charge in [0.15, 0.2) is 0 Å². The maximum Gasteiger partial charge on any atom is 0.370 e. The first-order chi connectivity index (χ1) is 8.96. The van der Waals surface area contributed by atoms with Crippen molar-refractivity contribution in [2.45, 2.75) is 83.8 Å². The van der Waals surface area contributed by atoms with Gasteiger partial charge in [-0.1, -0.05) is 59.3 Å². The quantitative estimate of drug-likeness (QED) is 0.455. The van der Waals surface area contributed by atoms with E-state index >= 15 is 0 Å². The van der Waals surface area contributed by atoms with Crippen molar-refractivity contribution in [3.63, 3.8) is 0 Å². The Morgan fingerprint density at radius 1 is 0.800 bits per heavy atom. The van der Waals surface area contributed by atoms with E-state index < -0.39 is 21.8 Å². The van der Waals surface area contributed by atoms with E-state index in [9.17, 15) is 17.2 Å². The molecule has 0 spiro atoms. The van der Waals surface area contributed by atoms with Gasteiger partial charge in [-0.05, 0) is 18.3 Å². The van der Waals surface area contributed by atoms with Gasteiger partial charge in [0.05, 0.1) is 0 Å². The third kappa shape index (κ3) is 9.64. The van der Waals surface area contributed by atoms with Crippen LogP contribution in [0.25, 0.3) is 0 Å². The average Bonchev–Trinajstić information content (AvgIpc) is 2.23. The zero-order chi connectivity index (χ0) is 15.9. The molecule has 0 rings (SSSR count). The van der Waals surface area contributed by atoms with Gasteiger partial charge in [0.25, 0.3) is 0 Å². The highest BCUT2D eigenvalue weighted by atomic mass is 32.2. The summed E-state index contributed by atoms with van der Waals surface area (Å²) in [6.07, 6.45) is 6.33. The molecule has 0 saturated carbocycles. The topological polar surface area (TPSA) is 54.4 Å². The van der Waals surface area contributed by atoms with Crippen LogP contribution < -0.4 is 0 Å². The molecule has 0 heterocycles. The first kappa shape index (κ1) is 19.8. The summed E-state index contributed by atoms with van der Waals surface area (Å²) in [4.78, 5) is 0. The maximum atomic E-state index is 12.9. The lowest BCUT2D eigenvalue weighted by Crippen LogP contribution is -2.27. The van der Waals surface area contributed by atoms with E-state index in [1.165, 1.54) is 12.8 Å². The summed E-state index contributed by atoms with van der Waals surface area (Å²) < 4.78 is 54.8. The number of rotatable bonds is 10. The summed E-state index contributed by atoms with van der Waals surface area (Å²) in [5.74, 6) is 0. The van der Waals surface area contributed by atoms with Gasteiger partial charge in [-0.2, -0.15) is 17.2 Å². The normalized spacial score (nSPS) is 13.7. The molecule has 0 aliphatic heterocycles. The van der Waals surface area contributed by atoms with Crippen molar-refractivity contribution < 1.29 is 21.8 Å². The molecule has 0 atom stereocenters. The van der Waals surface area contributed by atoms with Crippen LogP contribution in [-0.4, -0.2) is 18.2 Å². The molecule has 0 fully saturated rings. The monoisotopic (exact) mass is 314 g/mol. The summed E-state index contributed by atoms with van der Waals surface area (Å²) in [5, 5.41) is -4.00. The zero-order valence-corrected chi connectivity index (χ0v) is 13.6. The third-order valence-corrected chi connectivity index (χ3v) is 4.23. The number of alkyl halides is 2. The van der Waals surface area contributed by atoms with Crippen LogP contribution in [0.3, 0.4) is 0 Å². The molecular weight excluding hydrogens is 286 g/mol. The molecule has 0 saturated heterocycles. The second kappa shape index (κ2) is 8.27. The van der Waals surface area contributed by atoms with Crippen LogP contribution in [0.15, 0.2) is 0 Å². The maximum absolute atomic E-state index is 12.9. The molecule has 0 aromatic carbocycles. The molecule has 0 aromatic rings. The van der Waals surface area contributed by atoms with Gasteiger partial charge in [0.2, 0.25) is 0 Å². The number of hydrogen-bond donors (Lipinski definition) is 1. The molecule has 0 aliphatic carbocycles. The minimum atomic E-state index is -5.25. The lowest BCUT2D eigenvalue weighted by Gasteiger charge is -2.17. The van der Waals surface area contributed by atoms with Crippen molar-refractivity contribution >= 4 is 10.1 Å². The van der Waals surface area contributed by atoms with Crippen LogP contribution in [0.4, 0.5) is 8.78 Å². The minimum absolute atomic E-state index is 0.120. The largest absolute Gasteiger partial charge is 0.370 e. The molecule has 0 aromatic heterocycles. The van der Waals surface area contributed by atoms with Crippen molar-refractivity contribution in [2.24, 2.45) is 5.41 Å². The molecular formula is C14H28F2O3S. The van der Waals surface area contributed by atoms with Crippen molar-refractivity contribution in [3.05, 3.63) is 0 Å². The molecule has 6 heteroatoms. The first-order valence-corrected chi connectivity index (χ1v) is 8.75. The smallest absolute Gasteiger partial charge is 0.281 e. The van der Waals surface area contributed by atoms with Gasteiger partial charge in [-0.25, -0.2) is 0 Å². The van der Waals surface area contributed by atoms with Crippen LogP contribution in [0, 0.1) is 5.41 Å². The average molecular weight is 314 g/mol. The Morgan fingerprint density at radius 2 is 1.15 bits per heavy atom. The Morgan fingerprint density at radius 3 is 1.50 bits per heavy atom. The molecule has 0 aliphatic rings. The van der Waals surface area contributed by atoms with Crippen LogP contribution >= 0.6 is 0 Å². The van der Waals surface area contributed by atoms with Gasteiger partial charge in [-0.3, -0.25) is 4.55 Å². The Balaban J connectivity index is 3.51. The highest BCUT2D eigenvalue weighted by molar-refractivity contribution is 7.86. The Kier molecular flexibility index (Phi) is 8.18. The summed E-state index contributed by atoms with van der Waals surface area (Å²) in [6.45, 7) is 6.63. The van der Waals surface area contributed by atoms with E-state index in [4.69, 9.17) is 4.55 Å². The SMILES string of the molecule is CC(C)(C)CCCCCCCCCC(F)(F)S(=O)(=O)O. The molecule has 122 valence electrons. The lowest BCUT2D eigenvalue weighted by atomic mass is 9.89. The van der Waals surface area contributed by atoms with E-state index in [1.54, 1.807) is 0 Å². The summed E-state index contributed by atoms with van der Waals surface area (Å²) in [7, 11) is -5.25. The molecule has 20 heavy (non-hydrogen) atoms. The van der Waals surface area contributed by atoms with Gasteiger partial charge >= 0.3 is 15.4 Å². The Bertz CT molecular complexity index is 359. The fourth-order valence-electron chi connectivity index (χ4n) is 2.00. The van der Waals surface area contributed by atoms with Crippen LogP contribution in [0.5, 0.6) is 0 Å². The Labute approximate surface area is 121 Å². The van der Waals surface area contributed by atoms with Crippen molar-refractivity contribution in [1.29, 1.82) is 0 Å². The highest BCUT2D eigenvalue weighted by Gasteiger charge is 2.42. The van der Waals surface area contributed by atoms with E-state index in [-0.39, 0.29) is 6.42 Å². The number of hydrogen-bond acceptors (Lipinski definition) is 2. The highest BCUT2D eigenvalue weighted by Crippen LogP contribution is 2.27. The minimum Gasteiger partial charge on any atom is -0.281 e. The van der Waals surface area contributed by atoms with Gasteiger partial charge in [0.1, 0.15) is 0 Å². The third-order valence-electron chi connectivity index (χ3n) is 3.27. The van der Waals surface area contributed by atoms with E-state index in [1.807, 2.05) is 0 Å². The molecule has 0 radical (unpaired) electrons. The molecule has 1 N–H and O–H groups in total. The van der Waals surface area contributed by atoms with Crippen LogP contribution in [-0.2, 0) is 10.1 Å². The molecule has 0 amide bonds.